The molecule has 1 aliphatic rings. The van der Waals surface area contributed by atoms with E-state index >= 15 is 0 Å². The SMILES string of the molecule is CCCCCCCCOC1CNCCC1C. The first-order valence-electron chi connectivity index (χ1n) is 7.17. The second-order valence-electron chi connectivity index (χ2n) is 5.15. The highest BCUT2D eigenvalue weighted by Gasteiger charge is 2.20. The Hall–Kier alpha value is -0.0800. The summed E-state index contributed by atoms with van der Waals surface area (Å²) in [5.74, 6) is 0.737. The van der Waals surface area contributed by atoms with E-state index in [1.165, 1.54) is 44.9 Å². The minimum absolute atomic E-state index is 0.462. The van der Waals surface area contributed by atoms with Gasteiger partial charge in [-0.1, -0.05) is 46.0 Å². The molecule has 0 saturated carbocycles. The Balaban J connectivity index is 1.90. The fraction of sp³-hybridized carbons (Fsp3) is 1.00. The number of piperidine rings is 1. The number of ether oxygens (including phenoxy) is 1. The predicted molar refractivity (Wildman–Crippen MR) is 69.8 cm³/mol. The van der Waals surface area contributed by atoms with Gasteiger partial charge in [-0.25, -0.2) is 0 Å². The monoisotopic (exact) mass is 227 g/mol. The number of hydrogen-bond donors (Lipinski definition) is 1. The Morgan fingerprint density at radius 3 is 2.62 bits per heavy atom. The van der Waals surface area contributed by atoms with Gasteiger partial charge in [0.2, 0.25) is 0 Å². The van der Waals surface area contributed by atoms with Crippen molar-refractivity contribution in [2.45, 2.75) is 64.9 Å². The van der Waals surface area contributed by atoms with Crippen LogP contribution < -0.4 is 5.32 Å². The zero-order valence-electron chi connectivity index (χ0n) is 11.1. The summed E-state index contributed by atoms with van der Waals surface area (Å²) in [6, 6.07) is 0. The summed E-state index contributed by atoms with van der Waals surface area (Å²) in [6.45, 7) is 7.76. The fourth-order valence-electron chi connectivity index (χ4n) is 2.30. The molecular weight excluding hydrogens is 198 g/mol. The van der Waals surface area contributed by atoms with Crippen molar-refractivity contribution in [1.82, 2.24) is 5.32 Å². The molecule has 2 atom stereocenters. The van der Waals surface area contributed by atoms with Gasteiger partial charge in [0.05, 0.1) is 6.10 Å². The number of hydrogen-bond acceptors (Lipinski definition) is 2. The van der Waals surface area contributed by atoms with Gasteiger partial charge in [-0.3, -0.25) is 0 Å². The lowest BCUT2D eigenvalue weighted by Gasteiger charge is -2.29. The van der Waals surface area contributed by atoms with Crippen LogP contribution >= 0.6 is 0 Å². The van der Waals surface area contributed by atoms with Gasteiger partial charge in [-0.05, 0) is 25.3 Å². The molecule has 1 aliphatic heterocycles. The summed E-state index contributed by atoms with van der Waals surface area (Å²) in [5, 5.41) is 3.41. The summed E-state index contributed by atoms with van der Waals surface area (Å²) in [7, 11) is 0. The first-order chi connectivity index (χ1) is 7.84. The lowest BCUT2D eigenvalue weighted by atomic mass is 9.97. The molecule has 0 aliphatic carbocycles. The molecule has 96 valence electrons. The van der Waals surface area contributed by atoms with Gasteiger partial charge in [-0.15, -0.1) is 0 Å². The second kappa shape index (κ2) is 9.00. The molecule has 1 saturated heterocycles. The standard InChI is InChI=1S/C14H29NO/c1-3-4-5-6-7-8-11-16-14-12-15-10-9-13(14)2/h13-15H,3-12H2,1-2H3. The quantitative estimate of drug-likeness (QED) is 0.642. The van der Waals surface area contributed by atoms with E-state index in [9.17, 15) is 0 Å². The molecule has 1 heterocycles. The lowest BCUT2D eigenvalue weighted by molar-refractivity contribution is 0.00236. The van der Waals surface area contributed by atoms with Crippen molar-refractivity contribution in [3.8, 4) is 0 Å². The van der Waals surface area contributed by atoms with E-state index in [4.69, 9.17) is 4.74 Å². The molecule has 0 spiro atoms. The summed E-state index contributed by atoms with van der Waals surface area (Å²) in [6.07, 6.45) is 9.83. The van der Waals surface area contributed by atoms with E-state index < -0.39 is 0 Å². The molecular formula is C14H29NO. The largest absolute Gasteiger partial charge is 0.377 e. The minimum Gasteiger partial charge on any atom is -0.377 e. The zero-order valence-corrected chi connectivity index (χ0v) is 11.1. The van der Waals surface area contributed by atoms with Gasteiger partial charge in [0, 0.05) is 13.2 Å². The lowest BCUT2D eigenvalue weighted by Crippen LogP contribution is -2.41. The van der Waals surface area contributed by atoms with Crippen LogP contribution in [0.1, 0.15) is 58.8 Å². The number of unbranched alkanes of at least 4 members (excludes halogenated alkanes) is 5. The third-order valence-corrected chi connectivity index (χ3v) is 3.59. The Morgan fingerprint density at radius 2 is 1.88 bits per heavy atom. The van der Waals surface area contributed by atoms with Crippen LogP contribution in [0, 0.1) is 5.92 Å². The molecule has 2 nitrogen and oxygen atoms in total. The molecule has 2 unspecified atom stereocenters. The summed E-state index contributed by atoms with van der Waals surface area (Å²) < 4.78 is 5.94. The smallest absolute Gasteiger partial charge is 0.0725 e. The van der Waals surface area contributed by atoms with E-state index in [-0.39, 0.29) is 0 Å². The van der Waals surface area contributed by atoms with Crippen molar-refractivity contribution in [2.75, 3.05) is 19.7 Å². The van der Waals surface area contributed by atoms with Crippen LogP contribution in [0.2, 0.25) is 0 Å². The molecule has 2 heteroatoms. The molecule has 0 radical (unpaired) electrons. The Morgan fingerprint density at radius 1 is 1.12 bits per heavy atom. The second-order valence-corrected chi connectivity index (χ2v) is 5.15. The van der Waals surface area contributed by atoms with Crippen LogP contribution in [-0.2, 0) is 4.74 Å². The van der Waals surface area contributed by atoms with E-state index in [2.05, 4.69) is 19.2 Å². The maximum absolute atomic E-state index is 5.94. The van der Waals surface area contributed by atoms with Crippen LogP contribution in [0.3, 0.4) is 0 Å². The third kappa shape index (κ3) is 5.86. The third-order valence-electron chi connectivity index (χ3n) is 3.59. The van der Waals surface area contributed by atoms with Crippen LogP contribution in [0.15, 0.2) is 0 Å². The van der Waals surface area contributed by atoms with Gasteiger partial charge in [-0.2, -0.15) is 0 Å². The van der Waals surface area contributed by atoms with E-state index in [0.717, 1.165) is 25.6 Å². The van der Waals surface area contributed by atoms with Gasteiger partial charge in [0.25, 0.3) is 0 Å². The fourth-order valence-corrected chi connectivity index (χ4v) is 2.30. The highest BCUT2D eigenvalue weighted by molar-refractivity contribution is 4.75. The minimum atomic E-state index is 0.462. The van der Waals surface area contributed by atoms with Gasteiger partial charge in [0.1, 0.15) is 0 Å². The molecule has 1 rings (SSSR count). The average molecular weight is 227 g/mol. The van der Waals surface area contributed by atoms with Crippen LogP contribution in [-0.4, -0.2) is 25.8 Å². The molecule has 1 N–H and O–H groups in total. The molecule has 1 fully saturated rings. The van der Waals surface area contributed by atoms with Crippen molar-refractivity contribution in [1.29, 1.82) is 0 Å². The summed E-state index contributed by atoms with van der Waals surface area (Å²) in [4.78, 5) is 0. The van der Waals surface area contributed by atoms with Crippen molar-refractivity contribution < 1.29 is 4.74 Å². The van der Waals surface area contributed by atoms with E-state index in [1.54, 1.807) is 0 Å². The first kappa shape index (κ1) is 14.0. The maximum atomic E-state index is 5.94. The molecule has 0 amide bonds. The Kier molecular flexibility index (Phi) is 7.87. The summed E-state index contributed by atoms with van der Waals surface area (Å²) in [5.41, 5.74) is 0. The molecule has 0 bridgehead atoms. The zero-order chi connectivity index (χ0) is 11.6. The van der Waals surface area contributed by atoms with Gasteiger partial charge < -0.3 is 10.1 Å². The topological polar surface area (TPSA) is 21.3 Å². The van der Waals surface area contributed by atoms with Gasteiger partial charge in [0.15, 0.2) is 0 Å². The summed E-state index contributed by atoms with van der Waals surface area (Å²) >= 11 is 0. The average Bonchev–Trinajstić information content (AvgIpc) is 2.30. The van der Waals surface area contributed by atoms with E-state index in [1.807, 2.05) is 0 Å². The van der Waals surface area contributed by atoms with Crippen molar-refractivity contribution in [3.05, 3.63) is 0 Å². The Bertz CT molecular complexity index is 161. The molecule has 0 aromatic carbocycles. The van der Waals surface area contributed by atoms with Crippen LogP contribution in [0.5, 0.6) is 0 Å². The molecule has 0 aromatic heterocycles. The molecule has 16 heavy (non-hydrogen) atoms. The van der Waals surface area contributed by atoms with Crippen LogP contribution in [0.4, 0.5) is 0 Å². The first-order valence-corrected chi connectivity index (χ1v) is 7.17. The maximum Gasteiger partial charge on any atom is 0.0725 e. The number of rotatable bonds is 8. The molecule has 0 aromatic rings. The Labute approximate surface area is 101 Å². The number of nitrogens with one attached hydrogen (secondary N) is 1. The van der Waals surface area contributed by atoms with Crippen LogP contribution in [0.25, 0.3) is 0 Å². The van der Waals surface area contributed by atoms with Crippen molar-refractivity contribution in [2.24, 2.45) is 5.92 Å². The van der Waals surface area contributed by atoms with Gasteiger partial charge >= 0.3 is 0 Å². The van der Waals surface area contributed by atoms with Crippen molar-refractivity contribution >= 4 is 0 Å². The normalized spacial score (nSPS) is 25.9. The predicted octanol–water partition coefficient (Wildman–Crippen LogP) is 3.36. The highest BCUT2D eigenvalue weighted by Crippen LogP contribution is 2.15. The highest BCUT2D eigenvalue weighted by atomic mass is 16.5. The van der Waals surface area contributed by atoms with E-state index in [0.29, 0.717) is 6.10 Å². The van der Waals surface area contributed by atoms with Crippen molar-refractivity contribution in [3.63, 3.8) is 0 Å².